The number of benzene rings is 3. The molecular weight excluding hydrogens is 454 g/mol. The molecule has 1 unspecified atom stereocenters. The predicted octanol–water partition coefficient (Wildman–Crippen LogP) is 6.26. The van der Waals surface area contributed by atoms with Crippen LogP contribution in [0.2, 0.25) is 0 Å². The molecule has 3 aromatic carbocycles. The van der Waals surface area contributed by atoms with E-state index in [2.05, 4.69) is 17.0 Å². The van der Waals surface area contributed by atoms with Gasteiger partial charge >= 0.3 is 5.97 Å². The van der Waals surface area contributed by atoms with Gasteiger partial charge in [0.25, 0.3) is 5.91 Å². The van der Waals surface area contributed by atoms with Gasteiger partial charge in [-0.1, -0.05) is 62.2 Å². The maximum Gasteiger partial charge on any atom is 0.307 e. The van der Waals surface area contributed by atoms with Crippen LogP contribution >= 0.6 is 0 Å². The highest BCUT2D eigenvalue weighted by Gasteiger charge is 2.15. The highest BCUT2D eigenvalue weighted by molar-refractivity contribution is 5.94. The average Bonchev–Trinajstić information content (AvgIpc) is 2.92. The molecule has 0 aliphatic heterocycles. The van der Waals surface area contributed by atoms with Crippen LogP contribution in [0, 0.1) is 0 Å². The fourth-order valence-electron chi connectivity index (χ4n) is 3.72. The van der Waals surface area contributed by atoms with Crippen molar-refractivity contribution in [3.05, 3.63) is 95.6 Å². The van der Waals surface area contributed by atoms with Crippen molar-refractivity contribution in [2.24, 2.45) is 0 Å². The van der Waals surface area contributed by atoms with Gasteiger partial charge in [-0.05, 0) is 60.4 Å². The first kappa shape index (κ1) is 26.8. The van der Waals surface area contributed by atoms with Gasteiger partial charge < -0.3 is 19.5 Å². The van der Waals surface area contributed by atoms with Crippen LogP contribution in [0.5, 0.6) is 11.5 Å². The van der Waals surface area contributed by atoms with Gasteiger partial charge in [-0.25, -0.2) is 0 Å². The van der Waals surface area contributed by atoms with Crippen molar-refractivity contribution in [1.29, 1.82) is 0 Å². The molecule has 0 saturated carbocycles. The second kappa shape index (κ2) is 14.6. The maximum atomic E-state index is 12.4. The van der Waals surface area contributed by atoms with Gasteiger partial charge in [-0.2, -0.15) is 0 Å². The van der Waals surface area contributed by atoms with E-state index in [4.69, 9.17) is 9.47 Å². The van der Waals surface area contributed by atoms with E-state index in [-0.39, 0.29) is 30.9 Å². The Morgan fingerprint density at radius 3 is 2.22 bits per heavy atom. The van der Waals surface area contributed by atoms with Crippen LogP contribution in [0.4, 0.5) is 0 Å². The quantitative estimate of drug-likeness (QED) is 0.214. The highest BCUT2D eigenvalue weighted by Crippen LogP contribution is 2.28. The molecular formula is C30H35NO5. The minimum absolute atomic E-state index is 0.121. The maximum absolute atomic E-state index is 12.4. The summed E-state index contributed by atoms with van der Waals surface area (Å²) in [5.41, 5.74) is 2.67. The Balaban J connectivity index is 1.60. The number of methoxy groups -OCH3 is 1. The molecule has 1 amide bonds. The van der Waals surface area contributed by atoms with Crippen molar-refractivity contribution in [1.82, 2.24) is 5.32 Å². The Kier molecular flexibility index (Phi) is 10.8. The normalized spacial score (nSPS) is 11.4. The third-order valence-corrected chi connectivity index (χ3v) is 5.81. The number of carbonyl (C=O) groups is 2. The van der Waals surface area contributed by atoms with E-state index >= 15 is 0 Å². The summed E-state index contributed by atoms with van der Waals surface area (Å²) in [6, 6.07) is 25.2. The highest BCUT2D eigenvalue weighted by atomic mass is 16.5. The van der Waals surface area contributed by atoms with Gasteiger partial charge in [0.15, 0.2) is 0 Å². The monoisotopic (exact) mass is 489 g/mol. The van der Waals surface area contributed by atoms with Gasteiger partial charge in [-0.3, -0.25) is 9.59 Å². The van der Waals surface area contributed by atoms with E-state index in [1.165, 1.54) is 7.11 Å². The standard InChI is InChI=1S/C30H35NO5/c1-3-4-6-11-28(24-12-14-25(15-13-24)30(33)31-21-20-29(32)34-2)36-27-18-16-26(17-19-27)35-22-23-9-7-5-8-10-23/h5,7-10,12-19,28H,3-4,6,11,20-22H2,1-2H3,(H,31,33). The number of amides is 1. The molecule has 0 aromatic heterocycles. The zero-order valence-corrected chi connectivity index (χ0v) is 21.1. The molecule has 0 fully saturated rings. The number of rotatable bonds is 14. The zero-order chi connectivity index (χ0) is 25.6. The smallest absolute Gasteiger partial charge is 0.307 e. The van der Waals surface area contributed by atoms with E-state index in [0.29, 0.717) is 12.2 Å². The fraction of sp³-hybridized carbons (Fsp3) is 0.333. The van der Waals surface area contributed by atoms with E-state index in [9.17, 15) is 9.59 Å². The molecule has 0 saturated heterocycles. The summed E-state index contributed by atoms with van der Waals surface area (Å²) >= 11 is 0. The van der Waals surface area contributed by atoms with Gasteiger partial charge in [0.05, 0.1) is 13.5 Å². The van der Waals surface area contributed by atoms with Gasteiger partial charge in [-0.15, -0.1) is 0 Å². The Morgan fingerprint density at radius 2 is 1.56 bits per heavy atom. The molecule has 0 heterocycles. The van der Waals surface area contributed by atoms with Crippen LogP contribution in [-0.4, -0.2) is 25.5 Å². The average molecular weight is 490 g/mol. The number of carbonyl (C=O) groups excluding carboxylic acids is 2. The van der Waals surface area contributed by atoms with Crippen molar-refractivity contribution in [2.45, 2.75) is 51.7 Å². The van der Waals surface area contributed by atoms with Gasteiger partial charge in [0.1, 0.15) is 24.2 Å². The summed E-state index contributed by atoms with van der Waals surface area (Å²) in [6.45, 7) is 2.93. The van der Waals surface area contributed by atoms with Crippen molar-refractivity contribution in [3.63, 3.8) is 0 Å². The number of ether oxygens (including phenoxy) is 3. The van der Waals surface area contributed by atoms with Crippen molar-refractivity contribution < 1.29 is 23.8 Å². The lowest BCUT2D eigenvalue weighted by molar-refractivity contribution is -0.140. The second-order valence-corrected chi connectivity index (χ2v) is 8.55. The molecule has 6 nitrogen and oxygen atoms in total. The van der Waals surface area contributed by atoms with Crippen LogP contribution in [-0.2, 0) is 16.1 Å². The molecule has 3 rings (SSSR count). The largest absolute Gasteiger partial charge is 0.489 e. The van der Waals surface area contributed by atoms with Crippen molar-refractivity contribution in [3.8, 4) is 11.5 Å². The summed E-state index contributed by atoms with van der Waals surface area (Å²) in [5.74, 6) is 0.984. The van der Waals surface area contributed by atoms with Crippen LogP contribution in [0.1, 0.15) is 66.6 Å². The third-order valence-electron chi connectivity index (χ3n) is 5.81. The molecule has 0 aliphatic rings. The second-order valence-electron chi connectivity index (χ2n) is 8.55. The molecule has 0 aliphatic carbocycles. The molecule has 190 valence electrons. The Hall–Kier alpha value is -3.80. The molecule has 1 atom stereocenters. The molecule has 0 radical (unpaired) electrons. The molecule has 3 aromatic rings. The lowest BCUT2D eigenvalue weighted by Crippen LogP contribution is -2.26. The summed E-state index contributed by atoms with van der Waals surface area (Å²) < 4.78 is 16.8. The fourth-order valence-corrected chi connectivity index (χ4v) is 3.72. The molecule has 1 N–H and O–H groups in total. The molecule has 36 heavy (non-hydrogen) atoms. The van der Waals surface area contributed by atoms with Crippen LogP contribution in [0.15, 0.2) is 78.9 Å². The van der Waals surface area contributed by atoms with E-state index in [1.807, 2.05) is 66.7 Å². The van der Waals surface area contributed by atoms with Crippen LogP contribution < -0.4 is 14.8 Å². The first-order valence-electron chi connectivity index (χ1n) is 12.5. The summed E-state index contributed by atoms with van der Waals surface area (Å²) in [6.07, 6.45) is 4.21. The SMILES string of the molecule is CCCCCC(Oc1ccc(OCc2ccccc2)cc1)c1ccc(C(=O)NCCC(=O)OC)cc1. The van der Waals surface area contributed by atoms with Crippen LogP contribution in [0.25, 0.3) is 0 Å². The lowest BCUT2D eigenvalue weighted by Gasteiger charge is -2.20. The first-order valence-corrected chi connectivity index (χ1v) is 12.5. The number of esters is 1. The Labute approximate surface area is 213 Å². The molecule has 0 spiro atoms. The van der Waals surface area contributed by atoms with Gasteiger partial charge in [0.2, 0.25) is 0 Å². The number of hydrogen-bond donors (Lipinski definition) is 1. The van der Waals surface area contributed by atoms with Gasteiger partial charge in [0, 0.05) is 12.1 Å². The third kappa shape index (κ3) is 8.77. The Morgan fingerprint density at radius 1 is 0.861 bits per heavy atom. The topological polar surface area (TPSA) is 73.9 Å². The van der Waals surface area contributed by atoms with Crippen molar-refractivity contribution in [2.75, 3.05) is 13.7 Å². The molecule has 0 bridgehead atoms. The van der Waals surface area contributed by atoms with E-state index < -0.39 is 0 Å². The molecule has 6 heteroatoms. The minimum Gasteiger partial charge on any atom is -0.489 e. The first-order chi connectivity index (χ1) is 17.6. The summed E-state index contributed by atoms with van der Waals surface area (Å²) in [5, 5.41) is 2.74. The van der Waals surface area contributed by atoms with Crippen LogP contribution in [0.3, 0.4) is 0 Å². The predicted molar refractivity (Wildman–Crippen MR) is 140 cm³/mol. The Bertz CT molecular complexity index is 1060. The minimum atomic E-state index is -0.353. The number of unbranched alkanes of at least 4 members (excludes halogenated alkanes) is 2. The van der Waals surface area contributed by atoms with E-state index in [1.54, 1.807) is 12.1 Å². The summed E-state index contributed by atoms with van der Waals surface area (Å²) in [7, 11) is 1.33. The zero-order valence-electron chi connectivity index (χ0n) is 21.1. The number of hydrogen-bond acceptors (Lipinski definition) is 5. The van der Waals surface area contributed by atoms with Crippen molar-refractivity contribution >= 4 is 11.9 Å². The summed E-state index contributed by atoms with van der Waals surface area (Å²) in [4.78, 5) is 23.6. The lowest BCUT2D eigenvalue weighted by atomic mass is 10.0. The number of nitrogens with one attached hydrogen (secondary N) is 1. The van der Waals surface area contributed by atoms with E-state index in [0.717, 1.165) is 48.3 Å².